The van der Waals surface area contributed by atoms with E-state index in [-0.39, 0.29) is 23.3 Å². The van der Waals surface area contributed by atoms with Crippen LogP contribution >= 0.6 is 0 Å². The largest absolute Gasteiger partial charge is 0.573 e. The summed E-state index contributed by atoms with van der Waals surface area (Å²) in [5, 5.41) is 0. The van der Waals surface area contributed by atoms with Crippen LogP contribution in [0.15, 0.2) is 30.9 Å². The van der Waals surface area contributed by atoms with E-state index < -0.39 is 24.4 Å². The molecule has 2 nitrogen and oxygen atoms in total. The van der Waals surface area contributed by atoms with Gasteiger partial charge < -0.3 is 9.47 Å². The van der Waals surface area contributed by atoms with Crippen molar-refractivity contribution in [3.05, 3.63) is 42.0 Å². The van der Waals surface area contributed by atoms with Gasteiger partial charge in [-0.25, -0.2) is 0 Å². The Morgan fingerprint density at radius 1 is 1.18 bits per heavy atom. The Hall–Kier alpha value is -2.12. The van der Waals surface area contributed by atoms with E-state index in [1.807, 2.05) is 0 Å². The average molecular weight is 324 g/mol. The van der Waals surface area contributed by atoms with Gasteiger partial charge in [0.1, 0.15) is 11.5 Å². The molecule has 22 heavy (non-hydrogen) atoms. The first kappa shape index (κ1) is 16.3. The zero-order valence-electron chi connectivity index (χ0n) is 11.0. The molecule has 1 aromatic carbocycles. The van der Waals surface area contributed by atoms with Crippen molar-refractivity contribution in [2.24, 2.45) is 0 Å². The third-order valence-electron chi connectivity index (χ3n) is 2.78. The van der Waals surface area contributed by atoms with Crippen molar-refractivity contribution in [1.29, 1.82) is 0 Å². The highest BCUT2D eigenvalue weighted by molar-refractivity contribution is 5.65. The Balaban J connectivity index is 2.43. The molecule has 1 aliphatic rings. The molecule has 0 amide bonds. The van der Waals surface area contributed by atoms with Crippen LogP contribution in [0, 0.1) is 0 Å². The SMILES string of the molecule is C=CCc1cc(OC(F)(F)F)cc2c1OC(C(F)(F)F)C=C2. The summed E-state index contributed by atoms with van der Waals surface area (Å²) >= 11 is 0. The number of halogens is 6. The zero-order valence-corrected chi connectivity index (χ0v) is 11.0. The molecule has 0 radical (unpaired) electrons. The molecule has 0 fully saturated rings. The first-order valence-corrected chi connectivity index (χ1v) is 6.05. The Morgan fingerprint density at radius 3 is 2.41 bits per heavy atom. The molecule has 0 aliphatic carbocycles. The molecule has 1 aromatic rings. The number of benzene rings is 1. The van der Waals surface area contributed by atoms with Gasteiger partial charge in [0.25, 0.3) is 0 Å². The monoisotopic (exact) mass is 324 g/mol. The second-order valence-electron chi connectivity index (χ2n) is 4.48. The summed E-state index contributed by atoms with van der Waals surface area (Å²) in [6, 6.07) is 1.96. The van der Waals surface area contributed by atoms with Gasteiger partial charge in [-0.3, -0.25) is 0 Å². The van der Waals surface area contributed by atoms with Gasteiger partial charge in [0.05, 0.1) is 0 Å². The van der Waals surface area contributed by atoms with Gasteiger partial charge in [0.2, 0.25) is 6.10 Å². The Bertz CT molecular complexity index is 601. The first-order chi connectivity index (χ1) is 10.1. The molecule has 0 saturated carbocycles. The van der Waals surface area contributed by atoms with Crippen molar-refractivity contribution < 1.29 is 35.8 Å². The number of fused-ring (bicyclic) bond motifs is 1. The van der Waals surface area contributed by atoms with Crippen molar-refractivity contribution in [1.82, 2.24) is 0 Å². The predicted molar refractivity (Wildman–Crippen MR) is 66.5 cm³/mol. The van der Waals surface area contributed by atoms with Gasteiger partial charge in [0, 0.05) is 11.1 Å². The second kappa shape index (κ2) is 5.58. The van der Waals surface area contributed by atoms with E-state index in [0.717, 1.165) is 24.3 Å². The van der Waals surface area contributed by atoms with Gasteiger partial charge in [-0.15, -0.1) is 19.8 Å². The van der Waals surface area contributed by atoms with Gasteiger partial charge >= 0.3 is 12.5 Å². The average Bonchev–Trinajstić information content (AvgIpc) is 2.35. The third-order valence-corrected chi connectivity index (χ3v) is 2.78. The van der Waals surface area contributed by atoms with E-state index >= 15 is 0 Å². The van der Waals surface area contributed by atoms with Gasteiger partial charge in [-0.2, -0.15) is 13.2 Å². The van der Waals surface area contributed by atoms with E-state index in [0.29, 0.717) is 0 Å². The minimum absolute atomic E-state index is 0.0375. The fourth-order valence-electron chi connectivity index (χ4n) is 1.98. The summed E-state index contributed by atoms with van der Waals surface area (Å²) in [5.41, 5.74) is 0.212. The highest BCUT2D eigenvalue weighted by Gasteiger charge is 2.42. The topological polar surface area (TPSA) is 18.5 Å². The van der Waals surface area contributed by atoms with E-state index in [1.165, 1.54) is 6.08 Å². The number of alkyl halides is 6. The molecule has 8 heteroatoms. The lowest BCUT2D eigenvalue weighted by Crippen LogP contribution is -2.34. The predicted octanol–water partition coefficient (Wildman–Crippen LogP) is 4.65. The number of rotatable bonds is 3. The van der Waals surface area contributed by atoms with Crippen molar-refractivity contribution in [2.45, 2.75) is 25.1 Å². The summed E-state index contributed by atoms with van der Waals surface area (Å²) in [4.78, 5) is 0. The van der Waals surface area contributed by atoms with Crippen LogP contribution in [0.5, 0.6) is 11.5 Å². The Morgan fingerprint density at radius 2 is 1.86 bits per heavy atom. The minimum atomic E-state index is -4.90. The van der Waals surface area contributed by atoms with Crippen LogP contribution in [0.4, 0.5) is 26.3 Å². The van der Waals surface area contributed by atoms with Gasteiger partial charge in [0.15, 0.2) is 0 Å². The zero-order chi connectivity index (χ0) is 16.5. The van der Waals surface area contributed by atoms with Crippen molar-refractivity contribution in [2.75, 3.05) is 0 Å². The first-order valence-electron chi connectivity index (χ1n) is 6.05. The molecule has 0 bridgehead atoms. The van der Waals surface area contributed by atoms with Crippen LogP contribution in [0.25, 0.3) is 6.08 Å². The number of allylic oxidation sites excluding steroid dienone is 1. The van der Waals surface area contributed by atoms with E-state index in [1.54, 1.807) is 0 Å². The number of hydrogen-bond donors (Lipinski definition) is 0. The maximum Gasteiger partial charge on any atom is 0.573 e. The van der Waals surface area contributed by atoms with E-state index in [9.17, 15) is 26.3 Å². The summed E-state index contributed by atoms with van der Waals surface area (Å²) < 4.78 is 83.5. The smallest absolute Gasteiger partial charge is 0.476 e. The fourth-order valence-corrected chi connectivity index (χ4v) is 1.98. The van der Waals surface area contributed by atoms with Crippen molar-refractivity contribution >= 4 is 6.08 Å². The summed E-state index contributed by atoms with van der Waals surface area (Å²) in [6.07, 6.45) is -8.47. The molecule has 1 heterocycles. The van der Waals surface area contributed by atoms with Crippen molar-refractivity contribution in [3.63, 3.8) is 0 Å². The van der Waals surface area contributed by atoms with E-state index in [4.69, 9.17) is 4.74 Å². The number of hydrogen-bond acceptors (Lipinski definition) is 2. The molecular weight excluding hydrogens is 314 g/mol. The van der Waals surface area contributed by atoms with Crippen LogP contribution in [-0.4, -0.2) is 18.6 Å². The van der Waals surface area contributed by atoms with E-state index in [2.05, 4.69) is 11.3 Å². The molecular formula is C14H10F6O2. The van der Waals surface area contributed by atoms with Crippen LogP contribution in [-0.2, 0) is 6.42 Å². The highest BCUT2D eigenvalue weighted by Crippen LogP contribution is 2.39. The maximum atomic E-state index is 12.7. The summed E-state index contributed by atoms with van der Waals surface area (Å²) in [7, 11) is 0. The normalized spacial score (nSPS) is 17.6. The molecule has 0 aromatic heterocycles. The fraction of sp³-hybridized carbons (Fsp3) is 0.286. The van der Waals surface area contributed by atoms with Crippen molar-refractivity contribution in [3.8, 4) is 11.5 Å². The summed E-state index contributed by atoms with van der Waals surface area (Å²) in [5.74, 6) is -0.652. The minimum Gasteiger partial charge on any atom is -0.476 e. The highest BCUT2D eigenvalue weighted by atomic mass is 19.4. The molecule has 1 unspecified atom stereocenters. The maximum absolute atomic E-state index is 12.7. The molecule has 0 spiro atoms. The molecule has 1 atom stereocenters. The number of ether oxygens (including phenoxy) is 2. The van der Waals surface area contributed by atoms with Crippen LogP contribution in [0.3, 0.4) is 0 Å². The summed E-state index contributed by atoms with van der Waals surface area (Å²) in [6.45, 7) is 3.42. The lowest BCUT2D eigenvalue weighted by molar-refractivity contribution is -0.274. The lowest BCUT2D eigenvalue weighted by atomic mass is 10.0. The van der Waals surface area contributed by atoms with Gasteiger partial charge in [-0.1, -0.05) is 12.2 Å². The molecule has 0 saturated heterocycles. The molecule has 0 N–H and O–H groups in total. The second-order valence-corrected chi connectivity index (χ2v) is 4.48. The van der Waals surface area contributed by atoms with Gasteiger partial charge in [-0.05, 0) is 24.6 Å². The molecule has 1 aliphatic heterocycles. The molecule has 2 rings (SSSR count). The van der Waals surface area contributed by atoms with Crippen LogP contribution in [0.2, 0.25) is 0 Å². The standard InChI is InChI=1S/C14H10F6O2/c1-2-3-8-6-10(22-14(18,19)20)7-9-4-5-11(13(15,16)17)21-12(8)9/h2,4-7,11H,1,3H2. The van der Waals surface area contributed by atoms with Crippen LogP contribution < -0.4 is 9.47 Å². The quantitative estimate of drug-likeness (QED) is 0.595. The van der Waals surface area contributed by atoms with Crippen LogP contribution in [0.1, 0.15) is 11.1 Å². The Kier molecular flexibility index (Phi) is 4.12. The lowest BCUT2D eigenvalue weighted by Gasteiger charge is -2.26. The Labute approximate surface area is 121 Å². The molecule has 120 valence electrons. The third kappa shape index (κ3) is 3.75.